The zero-order valence-electron chi connectivity index (χ0n) is 9.15. The van der Waals surface area contributed by atoms with Crippen LogP contribution in [0.3, 0.4) is 0 Å². The Kier molecular flexibility index (Phi) is 2.83. The Labute approximate surface area is 89.9 Å². The van der Waals surface area contributed by atoms with Gasteiger partial charge in [-0.2, -0.15) is 0 Å². The van der Waals surface area contributed by atoms with Crippen LogP contribution in [0.1, 0.15) is 32.6 Å². The summed E-state index contributed by atoms with van der Waals surface area (Å²) >= 11 is 0. The molecule has 0 bridgehead atoms. The summed E-state index contributed by atoms with van der Waals surface area (Å²) in [4.78, 5) is 13.9. The number of Topliss-reactive ketones (excluding diaryl/α,β-unsaturated/α-hetero) is 1. The predicted molar refractivity (Wildman–Crippen MR) is 55.5 cm³/mol. The number of likely N-dealkylation sites (tertiary alicyclic amines) is 1. The van der Waals surface area contributed by atoms with Crippen molar-refractivity contribution >= 4 is 5.78 Å². The SMILES string of the molecule is CC1(O)CC(N2CCCCC2)C(=O)C1O. The smallest absolute Gasteiger partial charge is 0.181 e. The van der Waals surface area contributed by atoms with Gasteiger partial charge in [0.1, 0.15) is 6.10 Å². The van der Waals surface area contributed by atoms with Crippen molar-refractivity contribution in [2.24, 2.45) is 0 Å². The molecule has 0 amide bonds. The predicted octanol–water partition coefficient (Wildman–Crippen LogP) is -0.0744. The first kappa shape index (κ1) is 11.0. The van der Waals surface area contributed by atoms with Crippen LogP contribution in [-0.4, -0.2) is 51.7 Å². The van der Waals surface area contributed by atoms with Gasteiger partial charge in [-0.1, -0.05) is 6.42 Å². The molecule has 2 aliphatic rings. The molecule has 0 radical (unpaired) electrons. The molecule has 3 unspecified atom stereocenters. The minimum Gasteiger partial charge on any atom is -0.387 e. The zero-order chi connectivity index (χ0) is 11.1. The molecule has 0 spiro atoms. The number of carbonyl (C=O) groups is 1. The van der Waals surface area contributed by atoms with Gasteiger partial charge >= 0.3 is 0 Å². The fraction of sp³-hybridized carbons (Fsp3) is 0.909. The summed E-state index contributed by atoms with van der Waals surface area (Å²) in [5.41, 5.74) is -1.24. The first-order valence-corrected chi connectivity index (χ1v) is 5.70. The van der Waals surface area contributed by atoms with E-state index in [2.05, 4.69) is 4.90 Å². The molecule has 1 saturated heterocycles. The van der Waals surface area contributed by atoms with Crippen LogP contribution in [0, 0.1) is 0 Å². The number of aliphatic hydroxyl groups excluding tert-OH is 1. The van der Waals surface area contributed by atoms with E-state index in [1.54, 1.807) is 6.92 Å². The monoisotopic (exact) mass is 213 g/mol. The third-order valence-corrected chi connectivity index (χ3v) is 3.63. The topological polar surface area (TPSA) is 60.8 Å². The lowest BCUT2D eigenvalue weighted by molar-refractivity contribution is -0.134. The van der Waals surface area contributed by atoms with Crippen molar-refractivity contribution < 1.29 is 15.0 Å². The highest BCUT2D eigenvalue weighted by molar-refractivity contribution is 5.91. The van der Waals surface area contributed by atoms with Gasteiger partial charge in [-0.05, 0) is 32.9 Å². The van der Waals surface area contributed by atoms with Crippen molar-refractivity contribution in [2.75, 3.05) is 13.1 Å². The zero-order valence-corrected chi connectivity index (χ0v) is 9.15. The molecule has 1 saturated carbocycles. The number of piperidine rings is 1. The van der Waals surface area contributed by atoms with E-state index in [-0.39, 0.29) is 11.8 Å². The molecule has 1 aliphatic carbocycles. The van der Waals surface area contributed by atoms with E-state index in [0.717, 1.165) is 25.9 Å². The Morgan fingerprint density at radius 3 is 2.40 bits per heavy atom. The summed E-state index contributed by atoms with van der Waals surface area (Å²) in [6.07, 6.45) is 2.61. The van der Waals surface area contributed by atoms with Gasteiger partial charge in [0.15, 0.2) is 5.78 Å². The number of rotatable bonds is 1. The fourth-order valence-electron chi connectivity index (χ4n) is 2.63. The number of nitrogens with zero attached hydrogens (tertiary/aromatic N) is 1. The normalized spacial score (nSPS) is 43.5. The fourth-order valence-corrected chi connectivity index (χ4v) is 2.63. The van der Waals surface area contributed by atoms with E-state index in [1.165, 1.54) is 6.42 Å². The van der Waals surface area contributed by atoms with Gasteiger partial charge in [-0.15, -0.1) is 0 Å². The Bertz CT molecular complexity index is 259. The largest absolute Gasteiger partial charge is 0.387 e. The van der Waals surface area contributed by atoms with Gasteiger partial charge in [-0.25, -0.2) is 0 Å². The Balaban J connectivity index is 2.07. The maximum absolute atomic E-state index is 11.8. The van der Waals surface area contributed by atoms with Crippen molar-refractivity contribution in [3.05, 3.63) is 0 Å². The molecular formula is C11H19NO3. The molecule has 0 aromatic heterocycles. The van der Waals surface area contributed by atoms with E-state index in [4.69, 9.17) is 0 Å². The highest BCUT2D eigenvalue weighted by Gasteiger charge is 2.50. The summed E-state index contributed by atoms with van der Waals surface area (Å²) < 4.78 is 0. The van der Waals surface area contributed by atoms with Crippen molar-refractivity contribution in [1.82, 2.24) is 4.90 Å². The van der Waals surface area contributed by atoms with E-state index in [9.17, 15) is 15.0 Å². The molecule has 1 aliphatic heterocycles. The minimum absolute atomic E-state index is 0.207. The second-order valence-electron chi connectivity index (χ2n) is 4.98. The molecule has 0 aromatic rings. The molecule has 3 atom stereocenters. The first-order valence-electron chi connectivity index (χ1n) is 5.70. The Morgan fingerprint density at radius 1 is 1.33 bits per heavy atom. The molecule has 1 heterocycles. The number of hydrogen-bond acceptors (Lipinski definition) is 4. The van der Waals surface area contributed by atoms with Gasteiger partial charge in [-0.3, -0.25) is 9.69 Å². The van der Waals surface area contributed by atoms with Crippen LogP contribution in [0.2, 0.25) is 0 Å². The molecule has 2 fully saturated rings. The quantitative estimate of drug-likeness (QED) is 0.640. The third-order valence-electron chi connectivity index (χ3n) is 3.63. The van der Waals surface area contributed by atoms with Crippen molar-refractivity contribution in [1.29, 1.82) is 0 Å². The highest BCUT2D eigenvalue weighted by Crippen LogP contribution is 2.31. The molecule has 2 N–H and O–H groups in total. The van der Waals surface area contributed by atoms with Gasteiger partial charge in [0.2, 0.25) is 0 Å². The van der Waals surface area contributed by atoms with E-state index < -0.39 is 11.7 Å². The van der Waals surface area contributed by atoms with Crippen LogP contribution < -0.4 is 0 Å². The summed E-state index contributed by atoms with van der Waals surface area (Å²) in [5, 5.41) is 19.4. The van der Waals surface area contributed by atoms with Crippen molar-refractivity contribution in [2.45, 2.75) is 50.4 Å². The molecule has 2 rings (SSSR count). The third kappa shape index (κ3) is 1.94. The second-order valence-corrected chi connectivity index (χ2v) is 4.98. The first-order chi connectivity index (χ1) is 7.02. The summed E-state index contributed by atoms with van der Waals surface area (Å²) in [6, 6.07) is -0.268. The van der Waals surface area contributed by atoms with Gasteiger partial charge < -0.3 is 10.2 Å². The van der Waals surface area contributed by atoms with Crippen LogP contribution in [0.5, 0.6) is 0 Å². The number of carbonyl (C=O) groups excluding carboxylic acids is 1. The van der Waals surface area contributed by atoms with Crippen LogP contribution in [-0.2, 0) is 4.79 Å². The number of hydrogen-bond donors (Lipinski definition) is 2. The molecule has 86 valence electrons. The van der Waals surface area contributed by atoms with E-state index >= 15 is 0 Å². The van der Waals surface area contributed by atoms with E-state index in [0.29, 0.717) is 6.42 Å². The van der Waals surface area contributed by atoms with Crippen LogP contribution in [0.25, 0.3) is 0 Å². The summed E-state index contributed by atoms with van der Waals surface area (Å²) in [5.74, 6) is -0.207. The molecule has 15 heavy (non-hydrogen) atoms. The van der Waals surface area contributed by atoms with Crippen LogP contribution in [0.4, 0.5) is 0 Å². The van der Waals surface area contributed by atoms with Crippen molar-refractivity contribution in [3.8, 4) is 0 Å². The second kappa shape index (κ2) is 3.85. The van der Waals surface area contributed by atoms with Crippen LogP contribution >= 0.6 is 0 Å². The average molecular weight is 213 g/mol. The van der Waals surface area contributed by atoms with Gasteiger partial charge in [0.05, 0.1) is 11.6 Å². The van der Waals surface area contributed by atoms with Gasteiger partial charge in [0.25, 0.3) is 0 Å². The molecular weight excluding hydrogens is 194 g/mol. The maximum atomic E-state index is 11.8. The van der Waals surface area contributed by atoms with E-state index in [1.807, 2.05) is 0 Å². The Morgan fingerprint density at radius 2 is 1.93 bits per heavy atom. The van der Waals surface area contributed by atoms with Gasteiger partial charge in [0, 0.05) is 6.42 Å². The van der Waals surface area contributed by atoms with Crippen molar-refractivity contribution in [3.63, 3.8) is 0 Å². The molecule has 4 heteroatoms. The highest BCUT2D eigenvalue weighted by atomic mass is 16.3. The molecule has 0 aromatic carbocycles. The maximum Gasteiger partial charge on any atom is 0.181 e. The summed E-state index contributed by atoms with van der Waals surface area (Å²) in [7, 11) is 0. The summed E-state index contributed by atoms with van der Waals surface area (Å²) in [6.45, 7) is 3.37. The lowest BCUT2D eigenvalue weighted by Crippen LogP contribution is -2.43. The average Bonchev–Trinajstić information content (AvgIpc) is 2.44. The number of aliphatic hydroxyl groups is 2. The minimum atomic E-state index is -1.24. The molecule has 4 nitrogen and oxygen atoms in total. The number of ketones is 1. The van der Waals surface area contributed by atoms with Crippen LogP contribution in [0.15, 0.2) is 0 Å². The Hall–Kier alpha value is -0.450. The standard InChI is InChI=1S/C11H19NO3/c1-11(15)7-8(9(13)10(11)14)12-5-3-2-4-6-12/h8,10,14-15H,2-7H2,1H3. The lowest BCUT2D eigenvalue weighted by Gasteiger charge is -2.31. The lowest BCUT2D eigenvalue weighted by atomic mass is 10.0.